The molecule has 2 N–H and O–H groups in total. The van der Waals surface area contributed by atoms with Crippen LogP contribution in [0, 0.1) is 0 Å². The summed E-state index contributed by atoms with van der Waals surface area (Å²) < 4.78 is 4.65. The molecule has 7 heteroatoms. The van der Waals surface area contributed by atoms with Gasteiger partial charge in [-0.2, -0.15) is 0 Å². The normalized spacial score (nSPS) is 10.0. The van der Waals surface area contributed by atoms with Crippen molar-refractivity contribution in [3.05, 3.63) is 58.6 Å². The number of esters is 1. The van der Waals surface area contributed by atoms with Gasteiger partial charge in [-0.15, -0.1) is 0 Å². The summed E-state index contributed by atoms with van der Waals surface area (Å²) in [5, 5.41) is 5.93. The third kappa shape index (κ3) is 5.06. The zero-order valence-corrected chi connectivity index (χ0v) is 14.5. The van der Waals surface area contributed by atoms with Crippen molar-refractivity contribution in [2.24, 2.45) is 0 Å². The van der Waals surface area contributed by atoms with Gasteiger partial charge < -0.3 is 15.4 Å². The second-order valence-corrected chi connectivity index (χ2v) is 5.63. The number of rotatable bonds is 6. The van der Waals surface area contributed by atoms with Gasteiger partial charge in [0.1, 0.15) is 0 Å². The third-order valence-corrected chi connectivity index (χ3v) is 3.71. The van der Waals surface area contributed by atoms with Crippen LogP contribution in [0.1, 0.15) is 27.6 Å². The van der Waals surface area contributed by atoms with Crippen LogP contribution in [-0.4, -0.2) is 31.3 Å². The average molecular weight is 361 g/mol. The van der Waals surface area contributed by atoms with Crippen LogP contribution in [-0.2, 0) is 9.53 Å². The molecule has 0 aliphatic rings. The summed E-state index contributed by atoms with van der Waals surface area (Å²) >= 11 is 6.06. The second kappa shape index (κ2) is 8.30. The molecular formula is C18H17ClN2O4. The molecule has 0 aromatic heterocycles. The summed E-state index contributed by atoms with van der Waals surface area (Å²) in [5.41, 5.74) is 1.80. The fraction of sp³-hybridized carbons (Fsp3) is 0.167. The van der Waals surface area contributed by atoms with Crippen molar-refractivity contribution >= 4 is 40.6 Å². The Bertz CT molecular complexity index is 820. The van der Waals surface area contributed by atoms with E-state index in [0.717, 1.165) is 0 Å². The van der Waals surface area contributed by atoms with Crippen LogP contribution in [0.4, 0.5) is 11.4 Å². The lowest BCUT2D eigenvalue weighted by Gasteiger charge is -2.11. The molecule has 0 atom stereocenters. The van der Waals surface area contributed by atoms with Crippen LogP contribution < -0.4 is 10.6 Å². The van der Waals surface area contributed by atoms with Crippen LogP contribution in [0.15, 0.2) is 42.5 Å². The number of nitrogens with one attached hydrogen (secondary N) is 2. The summed E-state index contributed by atoms with van der Waals surface area (Å²) in [7, 11) is 1.28. The molecule has 0 aliphatic heterocycles. The van der Waals surface area contributed by atoms with E-state index >= 15 is 0 Å². The van der Waals surface area contributed by atoms with Crippen molar-refractivity contribution in [2.75, 3.05) is 24.3 Å². The highest BCUT2D eigenvalue weighted by Crippen LogP contribution is 2.23. The standard InChI is InChI=1S/C18H17ClN2O4/c1-11(22)12-4-3-5-14(8-12)21-17(23)10-20-16-9-13(18(24)25-2)6-7-15(16)19/h3-9,20H,10H2,1-2H3,(H,21,23). The summed E-state index contributed by atoms with van der Waals surface area (Å²) in [6.45, 7) is 1.40. The summed E-state index contributed by atoms with van der Waals surface area (Å²) in [6, 6.07) is 11.2. The molecular weight excluding hydrogens is 344 g/mol. The fourth-order valence-electron chi connectivity index (χ4n) is 2.10. The van der Waals surface area contributed by atoms with Crippen LogP contribution in [0.2, 0.25) is 5.02 Å². The maximum atomic E-state index is 12.1. The first kappa shape index (κ1) is 18.5. The van der Waals surface area contributed by atoms with Crippen molar-refractivity contribution in [1.29, 1.82) is 0 Å². The molecule has 0 saturated heterocycles. The number of amides is 1. The Morgan fingerprint density at radius 2 is 1.84 bits per heavy atom. The number of methoxy groups -OCH3 is 1. The first-order valence-electron chi connectivity index (χ1n) is 7.43. The summed E-state index contributed by atoms with van der Waals surface area (Å²) in [5.74, 6) is -0.897. The number of anilines is 2. The minimum Gasteiger partial charge on any atom is -0.465 e. The Morgan fingerprint density at radius 3 is 2.52 bits per heavy atom. The molecule has 130 valence electrons. The zero-order chi connectivity index (χ0) is 18.4. The van der Waals surface area contributed by atoms with E-state index in [1.165, 1.54) is 26.2 Å². The zero-order valence-electron chi connectivity index (χ0n) is 13.8. The van der Waals surface area contributed by atoms with Crippen molar-refractivity contribution in [3.63, 3.8) is 0 Å². The van der Waals surface area contributed by atoms with Gasteiger partial charge in [0.25, 0.3) is 0 Å². The van der Waals surface area contributed by atoms with E-state index in [-0.39, 0.29) is 18.2 Å². The molecule has 0 aliphatic carbocycles. The molecule has 0 radical (unpaired) electrons. The van der Waals surface area contributed by atoms with Gasteiger partial charge >= 0.3 is 5.97 Å². The monoisotopic (exact) mass is 360 g/mol. The second-order valence-electron chi connectivity index (χ2n) is 5.22. The number of carbonyl (C=O) groups is 3. The number of hydrogen-bond donors (Lipinski definition) is 2. The summed E-state index contributed by atoms with van der Waals surface area (Å²) in [4.78, 5) is 35.0. The smallest absolute Gasteiger partial charge is 0.337 e. The average Bonchev–Trinajstić information content (AvgIpc) is 2.60. The largest absolute Gasteiger partial charge is 0.465 e. The van der Waals surface area contributed by atoms with Crippen molar-refractivity contribution < 1.29 is 19.1 Å². The molecule has 0 heterocycles. The molecule has 2 aromatic carbocycles. The molecule has 0 spiro atoms. The summed E-state index contributed by atoms with van der Waals surface area (Å²) in [6.07, 6.45) is 0. The van der Waals surface area contributed by atoms with Crippen LogP contribution in [0.25, 0.3) is 0 Å². The van der Waals surface area contributed by atoms with Crippen LogP contribution >= 0.6 is 11.6 Å². The molecule has 25 heavy (non-hydrogen) atoms. The third-order valence-electron chi connectivity index (χ3n) is 3.38. The highest BCUT2D eigenvalue weighted by molar-refractivity contribution is 6.33. The maximum Gasteiger partial charge on any atom is 0.337 e. The van der Waals surface area contributed by atoms with E-state index in [9.17, 15) is 14.4 Å². The van der Waals surface area contributed by atoms with Gasteiger partial charge in [-0.05, 0) is 37.3 Å². The number of ketones is 1. The van der Waals surface area contributed by atoms with Gasteiger partial charge in [-0.3, -0.25) is 9.59 Å². The van der Waals surface area contributed by atoms with Gasteiger partial charge in [0.2, 0.25) is 5.91 Å². The lowest BCUT2D eigenvalue weighted by molar-refractivity contribution is -0.114. The minimum absolute atomic E-state index is 0.0609. The Hall–Kier alpha value is -2.86. The molecule has 2 rings (SSSR count). The van der Waals surface area contributed by atoms with Crippen molar-refractivity contribution in [2.45, 2.75) is 6.92 Å². The van der Waals surface area contributed by atoms with E-state index in [0.29, 0.717) is 27.5 Å². The Morgan fingerprint density at radius 1 is 1.08 bits per heavy atom. The topological polar surface area (TPSA) is 84.5 Å². The number of benzene rings is 2. The first-order chi connectivity index (χ1) is 11.9. The Kier molecular flexibility index (Phi) is 6.14. The minimum atomic E-state index is -0.495. The van der Waals surface area contributed by atoms with E-state index in [2.05, 4.69) is 15.4 Å². The number of carbonyl (C=O) groups excluding carboxylic acids is 3. The number of halogens is 1. The molecule has 0 saturated carbocycles. The SMILES string of the molecule is COC(=O)c1ccc(Cl)c(NCC(=O)Nc2cccc(C(C)=O)c2)c1. The molecule has 0 fully saturated rings. The highest BCUT2D eigenvalue weighted by atomic mass is 35.5. The van der Waals surface area contributed by atoms with Crippen LogP contribution in [0.5, 0.6) is 0 Å². The van der Waals surface area contributed by atoms with Gasteiger partial charge in [0.05, 0.1) is 29.9 Å². The lowest BCUT2D eigenvalue weighted by atomic mass is 10.1. The fourth-order valence-corrected chi connectivity index (χ4v) is 2.29. The highest BCUT2D eigenvalue weighted by Gasteiger charge is 2.10. The number of hydrogen-bond acceptors (Lipinski definition) is 5. The van der Waals surface area contributed by atoms with Gasteiger partial charge in [0, 0.05) is 11.3 Å². The predicted octanol–water partition coefficient (Wildman–Crippen LogP) is 3.38. The molecule has 1 amide bonds. The van der Waals surface area contributed by atoms with Crippen molar-refractivity contribution in [1.82, 2.24) is 0 Å². The molecule has 0 unspecified atom stereocenters. The number of Topliss-reactive ketones (excluding diaryl/α,β-unsaturated/α-hetero) is 1. The van der Waals surface area contributed by atoms with E-state index in [1.807, 2.05) is 0 Å². The van der Waals surface area contributed by atoms with E-state index in [1.54, 1.807) is 30.3 Å². The van der Waals surface area contributed by atoms with Gasteiger partial charge in [0.15, 0.2) is 5.78 Å². The van der Waals surface area contributed by atoms with Crippen LogP contribution in [0.3, 0.4) is 0 Å². The molecule has 2 aromatic rings. The van der Waals surface area contributed by atoms with E-state index < -0.39 is 5.97 Å². The molecule has 6 nitrogen and oxygen atoms in total. The van der Waals surface area contributed by atoms with Gasteiger partial charge in [-0.25, -0.2) is 4.79 Å². The maximum absolute atomic E-state index is 12.1. The lowest BCUT2D eigenvalue weighted by Crippen LogP contribution is -2.22. The quantitative estimate of drug-likeness (QED) is 0.609. The number of ether oxygens (including phenoxy) is 1. The Balaban J connectivity index is 2.01. The Labute approximate surface area is 150 Å². The van der Waals surface area contributed by atoms with Gasteiger partial charge in [-0.1, -0.05) is 23.7 Å². The molecule has 0 bridgehead atoms. The predicted molar refractivity (Wildman–Crippen MR) is 96.4 cm³/mol. The van der Waals surface area contributed by atoms with E-state index in [4.69, 9.17) is 11.6 Å². The first-order valence-corrected chi connectivity index (χ1v) is 7.81. The van der Waals surface area contributed by atoms with Crippen molar-refractivity contribution in [3.8, 4) is 0 Å².